The standard InChI is InChI=1S/C21H15O3PS/c1-22-25(26)23-18-12-10-14-6-2-4-8-16(14)20(18)21-17-9-5-3-7-15(17)11-13-19(21)24-25/h2-13H,1H3. The minimum Gasteiger partial charge on any atom is -0.415 e. The minimum atomic E-state index is -2.93. The second-order valence-electron chi connectivity index (χ2n) is 6.13. The largest absolute Gasteiger partial charge is 0.434 e. The average Bonchev–Trinajstić information content (AvgIpc) is 2.82. The van der Waals surface area contributed by atoms with E-state index in [0.29, 0.717) is 11.5 Å². The van der Waals surface area contributed by atoms with Crippen LogP contribution in [0.1, 0.15) is 0 Å². The van der Waals surface area contributed by atoms with Crippen molar-refractivity contribution in [2.75, 3.05) is 7.11 Å². The summed E-state index contributed by atoms with van der Waals surface area (Å²) in [5.74, 6) is 1.40. The predicted octanol–water partition coefficient (Wildman–Crippen LogP) is 6.30. The molecule has 0 atom stereocenters. The van der Waals surface area contributed by atoms with E-state index in [1.807, 2.05) is 48.5 Å². The topological polar surface area (TPSA) is 27.7 Å². The lowest BCUT2D eigenvalue weighted by atomic mass is 9.92. The van der Waals surface area contributed by atoms with E-state index in [1.54, 1.807) is 0 Å². The van der Waals surface area contributed by atoms with Gasteiger partial charge in [0.05, 0.1) is 0 Å². The molecule has 0 unspecified atom stereocenters. The van der Waals surface area contributed by atoms with Gasteiger partial charge in [-0.25, -0.2) is 0 Å². The summed E-state index contributed by atoms with van der Waals surface area (Å²) in [6.45, 7) is -2.93. The van der Waals surface area contributed by atoms with Crippen LogP contribution in [0.4, 0.5) is 0 Å². The molecule has 3 nitrogen and oxygen atoms in total. The number of hydrogen-bond donors (Lipinski definition) is 0. The molecule has 26 heavy (non-hydrogen) atoms. The molecule has 0 N–H and O–H groups in total. The molecule has 1 heterocycles. The Balaban J connectivity index is 2.00. The molecule has 1 aliphatic rings. The Bertz CT molecular complexity index is 1130. The number of benzene rings is 4. The lowest BCUT2D eigenvalue weighted by Gasteiger charge is -2.19. The maximum absolute atomic E-state index is 6.11. The summed E-state index contributed by atoms with van der Waals surface area (Å²) in [6.07, 6.45) is 0. The molecule has 0 aromatic heterocycles. The van der Waals surface area contributed by atoms with Crippen molar-refractivity contribution in [3.63, 3.8) is 0 Å². The molecule has 0 fully saturated rings. The van der Waals surface area contributed by atoms with Crippen molar-refractivity contribution in [2.45, 2.75) is 0 Å². The van der Waals surface area contributed by atoms with Gasteiger partial charge in [0.1, 0.15) is 11.5 Å². The first-order chi connectivity index (χ1) is 12.7. The summed E-state index contributed by atoms with van der Waals surface area (Å²) < 4.78 is 17.7. The van der Waals surface area contributed by atoms with Crippen molar-refractivity contribution in [3.05, 3.63) is 72.8 Å². The Morgan fingerprint density at radius 1 is 0.692 bits per heavy atom. The molecular weight excluding hydrogens is 363 g/mol. The van der Waals surface area contributed by atoms with Gasteiger partial charge in [0.15, 0.2) is 0 Å². The zero-order valence-electron chi connectivity index (χ0n) is 14.0. The van der Waals surface area contributed by atoms with Gasteiger partial charge in [0.2, 0.25) is 0 Å². The van der Waals surface area contributed by atoms with Gasteiger partial charge < -0.3 is 9.05 Å². The number of hydrogen-bond acceptors (Lipinski definition) is 4. The minimum absolute atomic E-state index is 0.698. The van der Waals surface area contributed by atoms with E-state index in [1.165, 1.54) is 7.11 Å². The highest BCUT2D eigenvalue weighted by Crippen LogP contribution is 2.58. The van der Waals surface area contributed by atoms with Gasteiger partial charge in [0.25, 0.3) is 0 Å². The smallest absolute Gasteiger partial charge is 0.415 e. The molecule has 0 aliphatic carbocycles. The highest BCUT2D eigenvalue weighted by molar-refractivity contribution is 8.07. The first kappa shape index (κ1) is 15.8. The van der Waals surface area contributed by atoms with Gasteiger partial charge in [-0.2, -0.15) is 0 Å². The summed E-state index contributed by atoms with van der Waals surface area (Å²) in [4.78, 5) is 0. The Kier molecular flexibility index (Phi) is 3.54. The predicted molar refractivity (Wildman–Crippen MR) is 109 cm³/mol. The van der Waals surface area contributed by atoms with E-state index in [0.717, 1.165) is 32.7 Å². The number of rotatable bonds is 1. The Labute approximate surface area is 156 Å². The van der Waals surface area contributed by atoms with Crippen LogP contribution < -0.4 is 9.05 Å². The zero-order chi connectivity index (χ0) is 17.7. The van der Waals surface area contributed by atoms with Crippen molar-refractivity contribution in [1.29, 1.82) is 0 Å². The van der Waals surface area contributed by atoms with Crippen LogP contribution in [0.15, 0.2) is 72.8 Å². The molecule has 0 bridgehead atoms. The highest BCUT2D eigenvalue weighted by atomic mass is 32.5. The van der Waals surface area contributed by atoms with Crippen molar-refractivity contribution < 1.29 is 13.6 Å². The Hall–Kier alpha value is -2.39. The summed E-state index contributed by atoms with van der Waals surface area (Å²) >= 11 is 5.58. The van der Waals surface area contributed by atoms with E-state index in [4.69, 9.17) is 25.4 Å². The molecule has 0 spiro atoms. The first-order valence-corrected chi connectivity index (χ1v) is 10.8. The van der Waals surface area contributed by atoms with E-state index >= 15 is 0 Å². The van der Waals surface area contributed by atoms with Crippen LogP contribution in [0.2, 0.25) is 0 Å². The van der Waals surface area contributed by atoms with Gasteiger partial charge in [-0.3, -0.25) is 4.52 Å². The lowest BCUT2D eigenvalue weighted by molar-refractivity contribution is 0.323. The van der Waals surface area contributed by atoms with Gasteiger partial charge in [-0.1, -0.05) is 60.7 Å². The van der Waals surface area contributed by atoms with Crippen LogP contribution in [0, 0.1) is 0 Å². The maximum Gasteiger partial charge on any atom is 0.434 e. The average molecular weight is 378 g/mol. The van der Waals surface area contributed by atoms with E-state index in [-0.39, 0.29) is 0 Å². The molecule has 0 amide bonds. The molecule has 0 saturated heterocycles. The van der Waals surface area contributed by atoms with Crippen LogP contribution in [-0.4, -0.2) is 7.11 Å². The fraction of sp³-hybridized carbons (Fsp3) is 0.0476. The van der Waals surface area contributed by atoms with Crippen molar-refractivity contribution in [2.24, 2.45) is 0 Å². The molecule has 0 saturated carbocycles. The molecule has 1 aliphatic heterocycles. The normalized spacial score (nSPS) is 14.8. The monoisotopic (exact) mass is 378 g/mol. The van der Waals surface area contributed by atoms with Crippen molar-refractivity contribution in [1.82, 2.24) is 0 Å². The van der Waals surface area contributed by atoms with Crippen molar-refractivity contribution >= 4 is 40.1 Å². The summed E-state index contributed by atoms with van der Waals surface area (Å²) in [7, 11) is 1.54. The third-order valence-corrected chi connectivity index (χ3v) is 6.86. The lowest BCUT2D eigenvalue weighted by Crippen LogP contribution is -2.00. The fourth-order valence-corrected chi connectivity index (χ4v) is 4.96. The quantitative estimate of drug-likeness (QED) is 0.363. The number of fused-ring (bicyclic) bond motifs is 7. The fourth-order valence-electron chi connectivity index (χ4n) is 3.51. The molecule has 4 aromatic carbocycles. The van der Waals surface area contributed by atoms with Gasteiger partial charge in [-0.15, -0.1) is 0 Å². The molecule has 5 heteroatoms. The summed E-state index contributed by atoms with van der Waals surface area (Å²) in [5.41, 5.74) is 2.00. The van der Waals surface area contributed by atoms with E-state index < -0.39 is 6.72 Å². The van der Waals surface area contributed by atoms with Crippen LogP contribution >= 0.6 is 6.72 Å². The van der Waals surface area contributed by atoms with Crippen molar-refractivity contribution in [3.8, 4) is 22.6 Å². The van der Waals surface area contributed by atoms with Crippen LogP contribution in [-0.2, 0) is 16.3 Å². The van der Waals surface area contributed by atoms with Gasteiger partial charge >= 0.3 is 6.72 Å². The third kappa shape index (κ3) is 2.34. The molecule has 5 rings (SSSR count). The third-order valence-electron chi connectivity index (χ3n) is 4.68. The molecule has 0 radical (unpaired) electrons. The molecule has 128 valence electrons. The van der Waals surface area contributed by atoms with Gasteiger partial charge in [-0.05, 0) is 33.7 Å². The Morgan fingerprint density at radius 3 is 1.62 bits per heavy atom. The summed E-state index contributed by atoms with van der Waals surface area (Å²) in [6, 6.07) is 24.5. The second kappa shape index (κ2) is 5.82. The van der Waals surface area contributed by atoms with Crippen LogP contribution in [0.3, 0.4) is 0 Å². The van der Waals surface area contributed by atoms with Crippen LogP contribution in [0.25, 0.3) is 32.7 Å². The van der Waals surface area contributed by atoms with E-state index in [2.05, 4.69) is 24.3 Å². The summed E-state index contributed by atoms with van der Waals surface area (Å²) in [5, 5.41) is 4.49. The van der Waals surface area contributed by atoms with Gasteiger partial charge in [0, 0.05) is 30.0 Å². The maximum atomic E-state index is 6.11. The second-order valence-corrected chi connectivity index (χ2v) is 9.10. The Morgan fingerprint density at radius 2 is 1.15 bits per heavy atom. The highest BCUT2D eigenvalue weighted by Gasteiger charge is 2.32. The zero-order valence-corrected chi connectivity index (χ0v) is 15.7. The van der Waals surface area contributed by atoms with E-state index in [9.17, 15) is 0 Å². The molecule has 4 aromatic rings. The first-order valence-electron chi connectivity index (χ1n) is 8.27. The SMILES string of the molecule is COP1(=S)Oc2ccc3ccccc3c2-c2c(ccc3ccccc23)O1. The molecular formula is C21H15O3PS. The van der Waals surface area contributed by atoms with Crippen LogP contribution in [0.5, 0.6) is 11.5 Å².